The Balaban J connectivity index is 2.63. The first kappa shape index (κ1) is 12.3. The molecule has 0 saturated carbocycles. The summed E-state index contributed by atoms with van der Waals surface area (Å²) in [5, 5.41) is 3.45. The van der Waals surface area contributed by atoms with Crippen molar-refractivity contribution in [3.8, 4) is 0 Å². The number of benzene rings is 1. The van der Waals surface area contributed by atoms with Gasteiger partial charge in [-0.25, -0.2) is 0 Å². The molecule has 0 aromatic heterocycles. The first-order valence-electron chi connectivity index (χ1n) is 5.99. The summed E-state index contributed by atoms with van der Waals surface area (Å²) in [7, 11) is 0. The van der Waals surface area contributed by atoms with Crippen molar-refractivity contribution in [2.24, 2.45) is 5.92 Å². The zero-order valence-electron chi connectivity index (χ0n) is 10.2. The van der Waals surface area contributed by atoms with Gasteiger partial charge in [0.15, 0.2) is 0 Å². The van der Waals surface area contributed by atoms with Crippen LogP contribution in [0, 0.1) is 5.92 Å². The zero-order chi connectivity index (χ0) is 11.1. The Bertz CT molecular complexity index is 253. The lowest BCUT2D eigenvalue weighted by Gasteiger charge is -2.19. The van der Waals surface area contributed by atoms with Crippen LogP contribution in [0.2, 0.25) is 0 Å². The van der Waals surface area contributed by atoms with Gasteiger partial charge in [-0.1, -0.05) is 51.1 Å². The summed E-state index contributed by atoms with van der Waals surface area (Å²) in [5.41, 5.74) is 1.46. The quantitative estimate of drug-likeness (QED) is 0.750. The molecule has 1 aromatic carbocycles. The van der Waals surface area contributed by atoms with E-state index < -0.39 is 0 Å². The molecule has 0 bridgehead atoms. The largest absolute Gasteiger partial charge is 0.316 e. The van der Waals surface area contributed by atoms with Crippen LogP contribution >= 0.6 is 0 Å². The van der Waals surface area contributed by atoms with Crippen molar-refractivity contribution in [3.05, 3.63) is 35.9 Å². The molecule has 0 spiro atoms. The third-order valence-corrected chi connectivity index (χ3v) is 2.67. The Morgan fingerprint density at radius 2 is 1.80 bits per heavy atom. The predicted molar refractivity (Wildman–Crippen MR) is 67.2 cm³/mol. The molecule has 1 atom stereocenters. The maximum atomic E-state index is 3.45. The van der Waals surface area contributed by atoms with Crippen molar-refractivity contribution in [2.75, 3.05) is 13.1 Å². The van der Waals surface area contributed by atoms with Crippen LogP contribution in [0.5, 0.6) is 0 Å². The first-order valence-corrected chi connectivity index (χ1v) is 5.99. The van der Waals surface area contributed by atoms with E-state index in [4.69, 9.17) is 0 Å². The fraction of sp³-hybridized carbons (Fsp3) is 0.571. The second-order valence-electron chi connectivity index (χ2n) is 4.54. The van der Waals surface area contributed by atoms with E-state index in [1.54, 1.807) is 0 Å². The van der Waals surface area contributed by atoms with Gasteiger partial charge in [0, 0.05) is 6.54 Å². The van der Waals surface area contributed by atoms with Gasteiger partial charge in [0.2, 0.25) is 0 Å². The lowest BCUT2D eigenvalue weighted by atomic mass is 9.90. The Morgan fingerprint density at radius 1 is 1.13 bits per heavy atom. The zero-order valence-corrected chi connectivity index (χ0v) is 10.2. The fourth-order valence-corrected chi connectivity index (χ4v) is 1.95. The van der Waals surface area contributed by atoms with Crippen LogP contribution in [0.4, 0.5) is 0 Å². The summed E-state index contributed by atoms with van der Waals surface area (Å²) in [5.74, 6) is 1.42. The molecular weight excluding hydrogens is 182 g/mol. The monoisotopic (exact) mass is 205 g/mol. The Kier molecular flexibility index (Phi) is 5.41. The molecule has 0 radical (unpaired) electrons. The minimum absolute atomic E-state index is 0.658. The molecule has 0 saturated heterocycles. The molecular formula is C14H23N. The highest BCUT2D eigenvalue weighted by molar-refractivity contribution is 5.19. The van der Waals surface area contributed by atoms with Crippen LogP contribution in [0.15, 0.2) is 30.3 Å². The van der Waals surface area contributed by atoms with Crippen LogP contribution in [0.3, 0.4) is 0 Å². The van der Waals surface area contributed by atoms with Gasteiger partial charge in [-0.15, -0.1) is 0 Å². The molecule has 1 aromatic rings. The van der Waals surface area contributed by atoms with Gasteiger partial charge in [-0.2, -0.15) is 0 Å². The molecule has 0 amide bonds. The van der Waals surface area contributed by atoms with Gasteiger partial charge >= 0.3 is 0 Å². The van der Waals surface area contributed by atoms with E-state index in [-0.39, 0.29) is 0 Å². The number of hydrogen-bond acceptors (Lipinski definition) is 1. The van der Waals surface area contributed by atoms with E-state index in [9.17, 15) is 0 Å². The highest BCUT2D eigenvalue weighted by Crippen LogP contribution is 2.22. The summed E-state index contributed by atoms with van der Waals surface area (Å²) in [6.07, 6.45) is 1.26. The highest BCUT2D eigenvalue weighted by Gasteiger charge is 2.12. The van der Waals surface area contributed by atoms with Crippen molar-refractivity contribution in [2.45, 2.75) is 33.1 Å². The lowest BCUT2D eigenvalue weighted by Crippen LogP contribution is -2.22. The SMILES string of the molecule is CCNCC(CC(C)C)c1ccccc1. The highest BCUT2D eigenvalue weighted by atomic mass is 14.8. The van der Waals surface area contributed by atoms with E-state index in [2.05, 4.69) is 56.4 Å². The fourth-order valence-electron chi connectivity index (χ4n) is 1.95. The standard InChI is InChI=1S/C14H23N/c1-4-15-11-14(10-12(2)3)13-8-6-5-7-9-13/h5-9,12,14-15H,4,10-11H2,1-3H3. The maximum Gasteiger partial charge on any atom is 0.00201 e. The average Bonchev–Trinajstić information content (AvgIpc) is 2.25. The summed E-state index contributed by atoms with van der Waals surface area (Å²) < 4.78 is 0. The van der Waals surface area contributed by atoms with E-state index >= 15 is 0 Å². The van der Waals surface area contributed by atoms with Gasteiger partial charge in [-0.05, 0) is 30.4 Å². The molecule has 0 aliphatic carbocycles. The summed E-state index contributed by atoms with van der Waals surface area (Å²) in [4.78, 5) is 0. The van der Waals surface area contributed by atoms with Gasteiger partial charge in [-0.3, -0.25) is 0 Å². The molecule has 0 aliphatic heterocycles. The molecule has 0 fully saturated rings. The van der Waals surface area contributed by atoms with Crippen molar-refractivity contribution in [3.63, 3.8) is 0 Å². The smallest absolute Gasteiger partial charge is 0.00201 e. The number of nitrogens with one attached hydrogen (secondary N) is 1. The second-order valence-corrected chi connectivity index (χ2v) is 4.54. The van der Waals surface area contributed by atoms with E-state index in [1.165, 1.54) is 12.0 Å². The topological polar surface area (TPSA) is 12.0 Å². The predicted octanol–water partition coefficient (Wildman–Crippen LogP) is 3.43. The van der Waals surface area contributed by atoms with Crippen LogP contribution in [-0.2, 0) is 0 Å². The van der Waals surface area contributed by atoms with Gasteiger partial charge in [0.05, 0.1) is 0 Å². The van der Waals surface area contributed by atoms with Crippen molar-refractivity contribution >= 4 is 0 Å². The molecule has 1 nitrogen and oxygen atoms in total. The van der Waals surface area contributed by atoms with E-state index in [1.807, 2.05) is 0 Å². The summed E-state index contributed by atoms with van der Waals surface area (Å²) in [6, 6.07) is 10.8. The summed E-state index contributed by atoms with van der Waals surface area (Å²) >= 11 is 0. The molecule has 1 N–H and O–H groups in total. The number of likely N-dealkylation sites (N-methyl/N-ethyl adjacent to an activating group) is 1. The van der Waals surface area contributed by atoms with Crippen LogP contribution < -0.4 is 5.32 Å². The van der Waals surface area contributed by atoms with Gasteiger partial charge in [0.1, 0.15) is 0 Å². The van der Waals surface area contributed by atoms with E-state index in [0.29, 0.717) is 5.92 Å². The van der Waals surface area contributed by atoms with Crippen LogP contribution in [0.1, 0.15) is 38.7 Å². The Hall–Kier alpha value is -0.820. The maximum absolute atomic E-state index is 3.45. The molecule has 1 unspecified atom stereocenters. The molecule has 15 heavy (non-hydrogen) atoms. The third kappa shape index (κ3) is 4.48. The molecule has 84 valence electrons. The second kappa shape index (κ2) is 6.62. The van der Waals surface area contributed by atoms with Gasteiger partial charge < -0.3 is 5.32 Å². The Labute approximate surface area is 93.9 Å². The van der Waals surface area contributed by atoms with Gasteiger partial charge in [0.25, 0.3) is 0 Å². The van der Waals surface area contributed by atoms with Crippen LogP contribution in [0.25, 0.3) is 0 Å². The average molecular weight is 205 g/mol. The third-order valence-electron chi connectivity index (χ3n) is 2.67. The lowest BCUT2D eigenvalue weighted by molar-refractivity contribution is 0.475. The minimum Gasteiger partial charge on any atom is -0.316 e. The van der Waals surface area contributed by atoms with E-state index in [0.717, 1.165) is 19.0 Å². The first-order chi connectivity index (χ1) is 7.24. The molecule has 0 aliphatic rings. The molecule has 1 rings (SSSR count). The Morgan fingerprint density at radius 3 is 2.33 bits per heavy atom. The van der Waals surface area contributed by atoms with Crippen LogP contribution in [-0.4, -0.2) is 13.1 Å². The van der Waals surface area contributed by atoms with Crippen molar-refractivity contribution < 1.29 is 0 Å². The number of rotatable bonds is 6. The summed E-state index contributed by atoms with van der Waals surface area (Å²) in [6.45, 7) is 8.90. The van der Waals surface area contributed by atoms with Crippen molar-refractivity contribution in [1.29, 1.82) is 0 Å². The van der Waals surface area contributed by atoms with Crippen molar-refractivity contribution in [1.82, 2.24) is 5.32 Å². The minimum atomic E-state index is 0.658. The number of hydrogen-bond donors (Lipinski definition) is 1. The molecule has 1 heteroatoms. The normalized spacial score (nSPS) is 13.1. The molecule has 0 heterocycles.